The third-order valence-corrected chi connectivity index (χ3v) is 1.89. The van der Waals surface area contributed by atoms with E-state index in [1.54, 1.807) is 0 Å². The van der Waals surface area contributed by atoms with Gasteiger partial charge >= 0.3 is 0 Å². The first kappa shape index (κ1) is 8.61. The van der Waals surface area contributed by atoms with Crippen molar-refractivity contribution in [2.24, 2.45) is 0 Å². The summed E-state index contributed by atoms with van der Waals surface area (Å²) < 4.78 is 25.6. The number of non-ortho nitro benzene ring substituents is 1. The quantitative estimate of drug-likeness (QED) is 0.564. The second-order valence-electron chi connectivity index (χ2n) is 2.74. The average Bonchev–Trinajstić information content (AvgIpc) is 2.43. The summed E-state index contributed by atoms with van der Waals surface area (Å²) in [5.41, 5.74) is -0.0685. The molecule has 0 fully saturated rings. The third kappa shape index (κ3) is 1.12. The first-order chi connectivity index (χ1) is 6.59. The minimum Gasteiger partial charge on any atom is -0.329 e. The van der Waals surface area contributed by atoms with E-state index in [1.807, 2.05) is 0 Å². The van der Waals surface area contributed by atoms with Gasteiger partial charge in [0.05, 0.1) is 10.4 Å². The van der Waals surface area contributed by atoms with E-state index in [4.69, 9.17) is 0 Å². The van der Waals surface area contributed by atoms with Crippen LogP contribution >= 0.6 is 0 Å². The van der Waals surface area contributed by atoms with Crippen LogP contribution in [0.25, 0.3) is 10.9 Å². The molecule has 0 unspecified atom stereocenters. The number of aromatic nitrogens is 1. The topological polar surface area (TPSA) is 58.9 Å². The second kappa shape index (κ2) is 2.76. The number of nitro benzene ring substituents is 1. The molecule has 0 aliphatic carbocycles. The minimum atomic E-state index is -1.11. The lowest BCUT2D eigenvalue weighted by atomic mass is 10.2. The van der Waals surface area contributed by atoms with E-state index < -0.39 is 16.7 Å². The molecule has 0 spiro atoms. The van der Waals surface area contributed by atoms with Crippen LogP contribution in [0.4, 0.5) is 14.5 Å². The van der Waals surface area contributed by atoms with E-state index >= 15 is 0 Å². The molecule has 4 nitrogen and oxygen atoms in total. The second-order valence-corrected chi connectivity index (χ2v) is 2.74. The third-order valence-electron chi connectivity index (χ3n) is 1.89. The average molecular weight is 198 g/mol. The van der Waals surface area contributed by atoms with Crippen LogP contribution < -0.4 is 0 Å². The highest BCUT2D eigenvalue weighted by molar-refractivity contribution is 5.82. The molecule has 14 heavy (non-hydrogen) atoms. The van der Waals surface area contributed by atoms with E-state index in [0.717, 1.165) is 6.07 Å². The Balaban J connectivity index is 2.76. The molecule has 0 saturated carbocycles. The first-order valence-corrected chi connectivity index (χ1v) is 3.70. The Kier molecular flexibility index (Phi) is 1.70. The van der Waals surface area contributed by atoms with Gasteiger partial charge in [-0.25, -0.2) is 4.39 Å². The first-order valence-electron chi connectivity index (χ1n) is 3.70. The molecule has 0 radical (unpaired) electrons. The summed E-state index contributed by atoms with van der Waals surface area (Å²) >= 11 is 0. The predicted octanol–water partition coefficient (Wildman–Crippen LogP) is 2.35. The van der Waals surface area contributed by atoms with Gasteiger partial charge in [0.1, 0.15) is 0 Å². The molecule has 1 N–H and O–H groups in total. The van der Waals surface area contributed by atoms with Crippen LogP contribution in [-0.4, -0.2) is 9.91 Å². The number of nitro groups is 1. The fourth-order valence-electron chi connectivity index (χ4n) is 1.23. The van der Waals surface area contributed by atoms with Crippen LogP contribution in [0.2, 0.25) is 0 Å². The van der Waals surface area contributed by atoms with Gasteiger partial charge in [0.2, 0.25) is 5.95 Å². The van der Waals surface area contributed by atoms with Gasteiger partial charge < -0.3 is 4.98 Å². The highest BCUT2D eigenvalue weighted by atomic mass is 19.2. The van der Waals surface area contributed by atoms with Crippen molar-refractivity contribution in [1.82, 2.24) is 4.98 Å². The number of hydrogen-bond acceptors (Lipinski definition) is 2. The van der Waals surface area contributed by atoms with Gasteiger partial charge in [0, 0.05) is 17.5 Å². The van der Waals surface area contributed by atoms with E-state index in [2.05, 4.69) is 4.98 Å². The number of halogens is 2. The van der Waals surface area contributed by atoms with Crippen molar-refractivity contribution < 1.29 is 13.7 Å². The molecule has 1 aromatic heterocycles. The smallest absolute Gasteiger partial charge is 0.270 e. The molecule has 1 aromatic carbocycles. The lowest BCUT2D eigenvalue weighted by Gasteiger charge is -1.90. The number of rotatable bonds is 1. The highest BCUT2D eigenvalue weighted by Crippen LogP contribution is 2.24. The maximum atomic E-state index is 13.0. The number of aromatic amines is 1. The number of H-pyrrole nitrogens is 1. The van der Waals surface area contributed by atoms with Gasteiger partial charge in [-0.3, -0.25) is 10.1 Å². The van der Waals surface area contributed by atoms with Crippen molar-refractivity contribution in [2.45, 2.75) is 0 Å². The number of fused-ring (bicyclic) bond motifs is 1. The van der Waals surface area contributed by atoms with Crippen molar-refractivity contribution in [3.8, 4) is 0 Å². The van der Waals surface area contributed by atoms with Gasteiger partial charge in [-0.05, 0) is 6.07 Å². The largest absolute Gasteiger partial charge is 0.329 e. The van der Waals surface area contributed by atoms with Gasteiger partial charge in [0.15, 0.2) is 5.82 Å². The maximum Gasteiger partial charge on any atom is 0.270 e. The van der Waals surface area contributed by atoms with Gasteiger partial charge in [-0.1, -0.05) is 0 Å². The summed E-state index contributed by atoms with van der Waals surface area (Å²) in [7, 11) is 0. The molecule has 0 saturated heterocycles. The van der Waals surface area contributed by atoms with Gasteiger partial charge in [0.25, 0.3) is 5.69 Å². The molecule has 2 rings (SSSR count). The van der Waals surface area contributed by atoms with E-state index in [-0.39, 0.29) is 16.6 Å². The van der Waals surface area contributed by atoms with Crippen molar-refractivity contribution in [1.29, 1.82) is 0 Å². The Morgan fingerprint density at radius 3 is 2.71 bits per heavy atom. The van der Waals surface area contributed by atoms with Crippen LogP contribution in [0, 0.1) is 21.9 Å². The molecule has 1 heterocycles. The Labute approximate surface area is 76.3 Å². The van der Waals surface area contributed by atoms with E-state index in [0.29, 0.717) is 0 Å². The number of hydrogen-bond donors (Lipinski definition) is 1. The summed E-state index contributed by atoms with van der Waals surface area (Å²) in [6.07, 6.45) is 0. The zero-order chi connectivity index (χ0) is 10.3. The molecule has 72 valence electrons. The van der Waals surface area contributed by atoms with Crippen LogP contribution in [0.5, 0.6) is 0 Å². The summed E-state index contributed by atoms with van der Waals surface area (Å²) in [6.45, 7) is 0. The standard InChI is InChI=1S/C8H4F2N2O2/c9-7-5-3-4(12(13)14)1-2-6(5)11-8(7)10/h1-3,11H. The number of benzene rings is 1. The predicted molar refractivity (Wildman–Crippen MR) is 44.9 cm³/mol. The van der Waals surface area contributed by atoms with Crippen molar-refractivity contribution in [2.75, 3.05) is 0 Å². The zero-order valence-corrected chi connectivity index (χ0v) is 6.75. The minimum absolute atomic E-state index is 0.114. The van der Waals surface area contributed by atoms with Gasteiger partial charge in [-0.2, -0.15) is 4.39 Å². The summed E-state index contributed by atoms with van der Waals surface area (Å²) in [5, 5.41) is 10.2. The Hall–Kier alpha value is -1.98. The fraction of sp³-hybridized carbons (Fsp3) is 0. The van der Waals surface area contributed by atoms with Crippen molar-refractivity contribution in [3.63, 3.8) is 0 Å². The molecule has 0 atom stereocenters. The normalized spacial score (nSPS) is 10.7. The van der Waals surface area contributed by atoms with Crippen LogP contribution in [0.3, 0.4) is 0 Å². The van der Waals surface area contributed by atoms with Crippen molar-refractivity contribution >= 4 is 16.6 Å². The lowest BCUT2D eigenvalue weighted by molar-refractivity contribution is -0.384. The highest BCUT2D eigenvalue weighted by Gasteiger charge is 2.14. The number of nitrogens with one attached hydrogen (secondary N) is 1. The summed E-state index contributed by atoms with van der Waals surface area (Å²) in [6, 6.07) is 3.43. The zero-order valence-electron chi connectivity index (χ0n) is 6.75. The molecule has 6 heteroatoms. The van der Waals surface area contributed by atoms with E-state index in [1.165, 1.54) is 12.1 Å². The molecule has 0 bridgehead atoms. The molecule has 0 aliphatic heterocycles. The van der Waals surface area contributed by atoms with Crippen LogP contribution in [0.15, 0.2) is 18.2 Å². The van der Waals surface area contributed by atoms with Crippen LogP contribution in [0.1, 0.15) is 0 Å². The van der Waals surface area contributed by atoms with E-state index in [9.17, 15) is 18.9 Å². The lowest BCUT2D eigenvalue weighted by Crippen LogP contribution is -1.86. The molecule has 2 aromatic rings. The van der Waals surface area contributed by atoms with Gasteiger partial charge in [-0.15, -0.1) is 0 Å². The molecular weight excluding hydrogens is 194 g/mol. The summed E-state index contributed by atoms with van der Waals surface area (Å²) in [5.74, 6) is -2.20. The Morgan fingerprint density at radius 1 is 1.36 bits per heavy atom. The summed E-state index contributed by atoms with van der Waals surface area (Å²) in [4.78, 5) is 11.8. The molecule has 0 amide bonds. The SMILES string of the molecule is O=[N+]([O-])c1ccc2[nH]c(F)c(F)c2c1. The molecular formula is C8H4F2N2O2. The monoisotopic (exact) mass is 198 g/mol. The Morgan fingerprint density at radius 2 is 2.07 bits per heavy atom. The molecule has 0 aliphatic rings. The van der Waals surface area contributed by atoms with Crippen molar-refractivity contribution in [3.05, 3.63) is 40.1 Å². The fourth-order valence-corrected chi connectivity index (χ4v) is 1.23. The van der Waals surface area contributed by atoms with Crippen LogP contribution in [-0.2, 0) is 0 Å². The Bertz CT molecular complexity index is 521. The number of nitrogens with zero attached hydrogens (tertiary/aromatic N) is 1. The maximum absolute atomic E-state index is 13.0.